The molecule has 2 aromatic rings. The maximum atomic E-state index is 11.2. The van der Waals surface area contributed by atoms with Crippen LogP contribution in [-0.4, -0.2) is 5.11 Å². The molecular formula is C9H3BrCl2O3. The Hall–Kier alpha value is -0.710. The molecule has 0 amide bonds. The second kappa shape index (κ2) is 3.70. The summed E-state index contributed by atoms with van der Waals surface area (Å²) in [6.07, 6.45) is 0. The fourth-order valence-corrected chi connectivity index (χ4v) is 1.91. The van der Waals surface area contributed by atoms with Crippen LogP contribution in [0.1, 0.15) is 0 Å². The summed E-state index contributed by atoms with van der Waals surface area (Å²) in [4.78, 5) is 11.2. The minimum absolute atomic E-state index is 0.0702. The normalized spacial score (nSPS) is 10.9. The zero-order chi connectivity index (χ0) is 11.2. The van der Waals surface area contributed by atoms with Gasteiger partial charge in [0, 0.05) is 0 Å². The second-order valence-corrected chi connectivity index (χ2v) is 4.39. The van der Waals surface area contributed by atoms with E-state index in [1.54, 1.807) is 0 Å². The van der Waals surface area contributed by atoms with Gasteiger partial charge >= 0.3 is 5.63 Å². The SMILES string of the molecule is O=c1oc2c(Cl)ccc(Cl)c2c(O)c1Br. The van der Waals surface area contributed by atoms with Gasteiger partial charge in [0.25, 0.3) is 0 Å². The molecule has 3 nitrogen and oxygen atoms in total. The fraction of sp³-hybridized carbons (Fsp3) is 0. The van der Waals surface area contributed by atoms with Gasteiger partial charge in [-0.15, -0.1) is 0 Å². The van der Waals surface area contributed by atoms with Crippen LogP contribution < -0.4 is 5.63 Å². The lowest BCUT2D eigenvalue weighted by atomic mass is 10.2. The topological polar surface area (TPSA) is 50.4 Å². The third-order valence-electron chi connectivity index (χ3n) is 1.88. The van der Waals surface area contributed by atoms with Crippen molar-refractivity contribution >= 4 is 50.1 Å². The smallest absolute Gasteiger partial charge is 0.354 e. The predicted molar refractivity (Wildman–Crippen MR) is 61.9 cm³/mol. The van der Waals surface area contributed by atoms with Crippen LogP contribution in [0.2, 0.25) is 10.0 Å². The molecule has 1 aromatic carbocycles. The van der Waals surface area contributed by atoms with E-state index >= 15 is 0 Å². The highest BCUT2D eigenvalue weighted by atomic mass is 79.9. The molecule has 0 fully saturated rings. The van der Waals surface area contributed by atoms with E-state index < -0.39 is 5.63 Å². The standard InChI is InChI=1S/C9H3BrCl2O3/c10-6-7(13)5-3(11)1-2-4(12)8(5)15-9(6)14/h1-2,13H. The molecule has 0 spiro atoms. The summed E-state index contributed by atoms with van der Waals surface area (Å²) in [7, 11) is 0. The first-order valence-corrected chi connectivity index (χ1v) is 5.36. The Bertz CT molecular complexity index is 606. The van der Waals surface area contributed by atoms with E-state index in [9.17, 15) is 9.90 Å². The van der Waals surface area contributed by atoms with Crippen LogP contribution in [0.5, 0.6) is 5.75 Å². The Morgan fingerprint density at radius 3 is 2.53 bits per heavy atom. The lowest BCUT2D eigenvalue weighted by Crippen LogP contribution is -2.00. The molecule has 6 heteroatoms. The molecule has 0 bridgehead atoms. The highest BCUT2D eigenvalue weighted by Crippen LogP contribution is 2.37. The van der Waals surface area contributed by atoms with Crippen molar-refractivity contribution in [3.63, 3.8) is 0 Å². The van der Waals surface area contributed by atoms with E-state index in [1.165, 1.54) is 12.1 Å². The molecule has 1 aromatic heterocycles. The zero-order valence-electron chi connectivity index (χ0n) is 7.05. The summed E-state index contributed by atoms with van der Waals surface area (Å²) in [6.45, 7) is 0. The van der Waals surface area contributed by atoms with Crippen molar-refractivity contribution in [1.82, 2.24) is 0 Å². The van der Waals surface area contributed by atoms with Gasteiger partial charge in [-0.1, -0.05) is 23.2 Å². The summed E-state index contributed by atoms with van der Waals surface area (Å²) < 4.78 is 4.84. The number of benzene rings is 1. The van der Waals surface area contributed by atoms with Crippen LogP contribution in [0.25, 0.3) is 11.0 Å². The molecule has 1 heterocycles. The lowest BCUT2D eigenvalue weighted by molar-refractivity contribution is 0.462. The number of fused-ring (bicyclic) bond motifs is 1. The minimum atomic E-state index is -0.704. The van der Waals surface area contributed by atoms with Crippen LogP contribution >= 0.6 is 39.1 Å². The molecule has 0 aliphatic rings. The summed E-state index contributed by atoms with van der Waals surface area (Å²) in [5, 5.41) is 10.4. The highest BCUT2D eigenvalue weighted by Gasteiger charge is 2.16. The van der Waals surface area contributed by atoms with Crippen molar-refractivity contribution < 1.29 is 9.52 Å². The van der Waals surface area contributed by atoms with Crippen LogP contribution in [0.4, 0.5) is 0 Å². The van der Waals surface area contributed by atoms with E-state index in [-0.39, 0.29) is 31.2 Å². The van der Waals surface area contributed by atoms with Crippen molar-refractivity contribution in [2.24, 2.45) is 0 Å². The van der Waals surface area contributed by atoms with Gasteiger partial charge in [-0.25, -0.2) is 4.79 Å². The Morgan fingerprint density at radius 2 is 1.87 bits per heavy atom. The third-order valence-corrected chi connectivity index (χ3v) is 3.19. The van der Waals surface area contributed by atoms with Gasteiger partial charge in [0.05, 0.1) is 15.4 Å². The van der Waals surface area contributed by atoms with Crippen molar-refractivity contribution in [3.8, 4) is 5.75 Å². The van der Waals surface area contributed by atoms with E-state index in [1.807, 2.05) is 0 Å². The van der Waals surface area contributed by atoms with Crippen LogP contribution in [-0.2, 0) is 0 Å². The predicted octanol–water partition coefficient (Wildman–Crippen LogP) is 3.57. The molecule has 0 saturated heterocycles. The Labute approximate surface area is 102 Å². The molecule has 1 N–H and O–H groups in total. The minimum Gasteiger partial charge on any atom is -0.506 e. The maximum Gasteiger partial charge on any atom is 0.354 e. The monoisotopic (exact) mass is 308 g/mol. The van der Waals surface area contributed by atoms with Crippen LogP contribution in [0, 0.1) is 0 Å². The van der Waals surface area contributed by atoms with Crippen LogP contribution in [0.15, 0.2) is 25.8 Å². The third kappa shape index (κ3) is 1.62. The van der Waals surface area contributed by atoms with Gasteiger partial charge < -0.3 is 9.52 Å². The first-order valence-electron chi connectivity index (χ1n) is 3.81. The van der Waals surface area contributed by atoms with E-state index in [2.05, 4.69) is 15.9 Å². The number of hydrogen-bond donors (Lipinski definition) is 1. The Morgan fingerprint density at radius 1 is 1.27 bits per heavy atom. The largest absolute Gasteiger partial charge is 0.506 e. The van der Waals surface area contributed by atoms with Gasteiger partial charge in [0.15, 0.2) is 5.58 Å². The Balaban J connectivity index is 3.11. The van der Waals surface area contributed by atoms with E-state index in [0.29, 0.717) is 0 Å². The number of aromatic hydroxyl groups is 1. The molecule has 78 valence electrons. The van der Waals surface area contributed by atoms with Gasteiger partial charge in [-0.05, 0) is 28.1 Å². The molecule has 2 rings (SSSR count). The highest BCUT2D eigenvalue weighted by molar-refractivity contribution is 9.10. The summed E-state index contributed by atoms with van der Waals surface area (Å²) in [6, 6.07) is 3.00. The number of rotatable bonds is 0. The fourth-order valence-electron chi connectivity index (χ4n) is 1.20. The molecule has 0 saturated carbocycles. The molecule has 0 aliphatic heterocycles. The lowest BCUT2D eigenvalue weighted by Gasteiger charge is -2.04. The molecule has 0 radical (unpaired) electrons. The average molecular weight is 310 g/mol. The van der Waals surface area contributed by atoms with Crippen molar-refractivity contribution in [1.29, 1.82) is 0 Å². The second-order valence-electron chi connectivity index (χ2n) is 2.79. The summed E-state index contributed by atoms with van der Waals surface area (Å²) in [5.74, 6) is -0.270. The van der Waals surface area contributed by atoms with E-state index in [4.69, 9.17) is 27.6 Å². The van der Waals surface area contributed by atoms with E-state index in [0.717, 1.165) is 0 Å². The summed E-state index contributed by atoms with van der Waals surface area (Å²) in [5.41, 5.74) is -0.626. The van der Waals surface area contributed by atoms with Crippen molar-refractivity contribution in [2.75, 3.05) is 0 Å². The van der Waals surface area contributed by atoms with Gasteiger partial charge in [0.2, 0.25) is 0 Å². The quantitative estimate of drug-likeness (QED) is 0.757. The van der Waals surface area contributed by atoms with Crippen molar-refractivity contribution in [3.05, 3.63) is 37.1 Å². The summed E-state index contributed by atoms with van der Waals surface area (Å²) >= 11 is 14.6. The van der Waals surface area contributed by atoms with Gasteiger partial charge in [0.1, 0.15) is 10.2 Å². The molecule has 0 unspecified atom stereocenters. The average Bonchev–Trinajstić information content (AvgIpc) is 2.20. The first kappa shape index (κ1) is 10.8. The van der Waals surface area contributed by atoms with Crippen LogP contribution in [0.3, 0.4) is 0 Å². The molecular weight excluding hydrogens is 307 g/mol. The number of halogens is 3. The first-order chi connectivity index (χ1) is 7.02. The Kier molecular flexibility index (Phi) is 2.66. The van der Waals surface area contributed by atoms with Crippen molar-refractivity contribution in [2.45, 2.75) is 0 Å². The number of hydrogen-bond acceptors (Lipinski definition) is 3. The van der Waals surface area contributed by atoms with Gasteiger partial charge in [-0.2, -0.15) is 0 Å². The zero-order valence-corrected chi connectivity index (χ0v) is 10.2. The van der Waals surface area contributed by atoms with Gasteiger partial charge in [-0.3, -0.25) is 0 Å². The molecule has 0 atom stereocenters. The molecule has 0 aliphatic carbocycles. The maximum absolute atomic E-state index is 11.2. The molecule has 15 heavy (non-hydrogen) atoms.